The van der Waals surface area contributed by atoms with Crippen LogP contribution in [0.2, 0.25) is 0 Å². The van der Waals surface area contributed by atoms with E-state index in [9.17, 15) is 4.21 Å². The Balaban J connectivity index is 2.48. The molecule has 0 N–H and O–H groups in total. The zero-order valence-electron chi connectivity index (χ0n) is 11.0. The first-order valence-electron chi connectivity index (χ1n) is 5.78. The molecular weight excluding hydrogens is 286 g/mol. The standard InChI is InChI=1S/C11H15N3O3S2/c1-4-17-10-8-9(14-11(18-8)19(3)15)12-7(13-10)5-6-16-2/h4-6H2,1-3H3. The molecule has 2 heterocycles. The van der Waals surface area contributed by atoms with Crippen molar-refractivity contribution in [1.82, 2.24) is 15.0 Å². The lowest BCUT2D eigenvalue weighted by Gasteiger charge is -2.05. The Kier molecular flexibility index (Phi) is 4.78. The Bertz CT molecular complexity index is 600. The van der Waals surface area contributed by atoms with E-state index in [1.165, 1.54) is 11.3 Å². The summed E-state index contributed by atoms with van der Waals surface area (Å²) in [5.41, 5.74) is 0.541. The third-order valence-corrected chi connectivity index (χ3v) is 4.67. The fraction of sp³-hybridized carbons (Fsp3) is 0.545. The fourth-order valence-corrected chi connectivity index (χ4v) is 3.10. The van der Waals surface area contributed by atoms with Gasteiger partial charge in [0.2, 0.25) is 5.88 Å². The molecule has 6 nitrogen and oxygen atoms in total. The van der Waals surface area contributed by atoms with Crippen LogP contribution in [-0.2, 0) is 22.0 Å². The van der Waals surface area contributed by atoms with Gasteiger partial charge < -0.3 is 9.47 Å². The second-order valence-electron chi connectivity index (χ2n) is 3.71. The van der Waals surface area contributed by atoms with Crippen molar-refractivity contribution in [2.45, 2.75) is 17.7 Å². The molecule has 19 heavy (non-hydrogen) atoms. The number of ether oxygens (including phenoxy) is 2. The number of fused-ring (bicyclic) bond motifs is 1. The zero-order valence-corrected chi connectivity index (χ0v) is 12.6. The first-order valence-corrected chi connectivity index (χ1v) is 8.15. The first-order chi connectivity index (χ1) is 9.15. The minimum absolute atomic E-state index is 0.507. The average molecular weight is 301 g/mol. The summed E-state index contributed by atoms with van der Waals surface area (Å²) >= 11 is 1.31. The summed E-state index contributed by atoms with van der Waals surface area (Å²) in [4.78, 5) is 13.0. The van der Waals surface area contributed by atoms with E-state index in [4.69, 9.17) is 9.47 Å². The summed E-state index contributed by atoms with van der Waals surface area (Å²) in [5.74, 6) is 1.13. The molecule has 0 saturated heterocycles. The number of rotatable bonds is 6. The van der Waals surface area contributed by atoms with E-state index in [1.54, 1.807) is 13.4 Å². The van der Waals surface area contributed by atoms with Crippen LogP contribution in [0.5, 0.6) is 5.88 Å². The van der Waals surface area contributed by atoms with Gasteiger partial charge in [0.25, 0.3) is 0 Å². The molecule has 0 amide bonds. The average Bonchev–Trinajstić information content (AvgIpc) is 2.81. The molecule has 0 fully saturated rings. The van der Waals surface area contributed by atoms with Crippen molar-refractivity contribution < 1.29 is 13.7 Å². The number of thiazole rings is 1. The smallest absolute Gasteiger partial charge is 0.236 e. The normalized spacial score (nSPS) is 12.8. The molecule has 0 aliphatic rings. The van der Waals surface area contributed by atoms with Crippen LogP contribution in [-0.4, -0.2) is 45.7 Å². The number of methoxy groups -OCH3 is 1. The number of hydrogen-bond donors (Lipinski definition) is 0. The Morgan fingerprint density at radius 3 is 2.74 bits per heavy atom. The Labute approximate surface area is 117 Å². The predicted octanol–water partition coefficient (Wildman–Crippen LogP) is 1.41. The van der Waals surface area contributed by atoms with Crippen molar-refractivity contribution in [2.24, 2.45) is 0 Å². The van der Waals surface area contributed by atoms with Crippen LogP contribution in [0.15, 0.2) is 4.34 Å². The summed E-state index contributed by atoms with van der Waals surface area (Å²) < 4.78 is 23.3. The summed E-state index contributed by atoms with van der Waals surface area (Å²) in [6.45, 7) is 2.94. The second-order valence-corrected chi connectivity index (χ2v) is 6.26. The number of aromatic nitrogens is 3. The molecule has 104 valence electrons. The molecule has 2 aromatic rings. The van der Waals surface area contributed by atoms with E-state index in [1.807, 2.05) is 6.92 Å². The van der Waals surface area contributed by atoms with Crippen molar-refractivity contribution in [2.75, 3.05) is 26.6 Å². The van der Waals surface area contributed by atoms with Crippen LogP contribution in [0.3, 0.4) is 0 Å². The third-order valence-electron chi connectivity index (χ3n) is 2.31. The molecule has 1 unspecified atom stereocenters. The molecule has 0 spiro atoms. The summed E-state index contributed by atoms with van der Waals surface area (Å²) in [5, 5.41) is 0. The molecule has 8 heteroatoms. The number of hydrogen-bond acceptors (Lipinski definition) is 7. The summed E-state index contributed by atoms with van der Waals surface area (Å²) in [6.07, 6.45) is 2.19. The highest BCUT2D eigenvalue weighted by Gasteiger charge is 2.15. The lowest BCUT2D eigenvalue weighted by molar-refractivity contribution is 0.200. The zero-order chi connectivity index (χ0) is 13.8. The van der Waals surface area contributed by atoms with Gasteiger partial charge in [-0.1, -0.05) is 11.3 Å². The third kappa shape index (κ3) is 3.26. The molecule has 0 aliphatic heterocycles. The van der Waals surface area contributed by atoms with E-state index in [-0.39, 0.29) is 0 Å². The highest BCUT2D eigenvalue weighted by atomic mass is 32.2. The van der Waals surface area contributed by atoms with Gasteiger partial charge in [0.15, 0.2) is 9.99 Å². The SMILES string of the molecule is CCOc1nc(CCOC)nc2nc(S(C)=O)sc12. The summed E-state index contributed by atoms with van der Waals surface area (Å²) in [7, 11) is 0.502. The molecular formula is C11H15N3O3S2. The minimum Gasteiger partial charge on any atom is -0.477 e. The van der Waals surface area contributed by atoms with Gasteiger partial charge in [-0.2, -0.15) is 4.98 Å². The van der Waals surface area contributed by atoms with Crippen LogP contribution in [0, 0.1) is 0 Å². The van der Waals surface area contributed by atoms with Crippen molar-refractivity contribution in [3.05, 3.63) is 5.82 Å². The van der Waals surface area contributed by atoms with Gasteiger partial charge in [0, 0.05) is 19.8 Å². The highest BCUT2D eigenvalue weighted by molar-refractivity contribution is 7.86. The molecule has 2 aromatic heterocycles. The van der Waals surface area contributed by atoms with Gasteiger partial charge in [-0.15, -0.1) is 0 Å². The molecule has 0 aliphatic carbocycles. The van der Waals surface area contributed by atoms with E-state index in [0.29, 0.717) is 41.3 Å². The maximum Gasteiger partial charge on any atom is 0.236 e. The Hall–Kier alpha value is -1.12. The van der Waals surface area contributed by atoms with Crippen LogP contribution >= 0.6 is 11.3 Å². The molecule has 0 saturated carbocycles. The van der Waals surface area contributed by atoms with E-state index in [2.05, 4.69) is 15.0 Å². The van der Waals surface area contributed by atoms with Gasteiger partial charge in [-0.05, 0) is 6.92 Å². The maximum absolute atomic E-state index is 11.5. The number of nitrogens with zero attached hydrogens (tertiary/aromatic N) is 3. The molecule has 0 bridgehead atoms. The van der Waals surface area contributed by atoms with Crippen molar-refractivity contribution >= 4 is 32.5 Å². The van der Waals surface area contributed by atoms with E-state index < -0.39 is 10.8 Å². The molecule has 1 atom stereocenters. The van der Waals surface area contributed by atoms with E-state index in [0.717, 1.165) is 4.70 Å². The predicted molar refractivity (Wildman–Crippen MR) is 74.3 cm³/mol. The Morgan fingerprint density at radius 2 is 2.11 bits per heavy atom. The van der Waals surface area contributed by atoms with Gasteiger partial charge in [0.05, 0.1) is 24.0 Å². The quantitative estimate of drug-likeness (QED) is 0.803. The van der Waals surface area contributed by atoms with Crippen molar-refractivity contribution in [1.29, 1.82) is 0 Å². The summed E-state index contributed by atoms with van der Waals surface area (Å²) in [6, 6.07) is 0. The van der Waals surface area contributed by atoms with Gasteiger partial charge in [-0.25, -0.2) is 9.97 Å². The van der Waals surface area contributed by atoms with Crippen molar-refractivity contribution in [3.8, 4) is 5.88 Å². The highest BCUT2D eigenvalue weighted by Crippen LogP contribution is 2.30. The Morgan fingerprint density at radius 1 is 1.32 bits per heavy atom. The van der Waals surface area contributed by atoms with Crippen LogP contribution in [0.1, 0.15) is 12.7 Å². The van der Waals surface area contributed by atoms with Gasteiger partial charge in [0.1, 0.15) is 10.5 Å². The molecule has 0 radical (unpaired) electrons. The maximum atomic E-state index is 11.5. The molecule has 2 rings (SSSR count). The second kappa shape index (κ2) is 6.36. The van der Waals surface area contributed by atoms with Crippen LogP contribution in [0.25, 0.3) is 10.3 Å². The van der Waals surface area contributed by atoms with Crippen LogP contribution < -0.4 is 4.74 Å². The minimum atomic E-state index is -1.13. The monoisotopic (exact) mass is 301 g/mol. The molecule has 0 aromatic carbocycles. The largest absolute Gasteiger partial charge is 0.477 e. The van der Waals surface area contributed by atoms with Gasteiger partial charge >= 0.3 is 0 Å². The van der Waals surface area contributed by atoms with E-state index >= 15 is 0 Å². The lowest BCUT2D eigenvalue weighted by Crippen LogP contribution is -2.04. The lowest BCUT2D eigenvalue weighted by atomic mass is 10.4. The van der Waals surface area contributed by atoms with Crippen LogP contribution in [0.4, 0.5) is 0 Å². The van der Waals surface area contributed by atoms with Gasteiger partial charge in [-0.3, -0.25) is 4.21 Å². The fourth-order valence-electron chi connectivity index (χ4n) is 1.49. The topological polar surface area (TPSA) is 74.2 Å². The van der Waals surface area contributed by atoms with Crippen molar-refractivity contribution in [3.63, 3.8) is 0 Å². The first kappa shape index (κ1) is 14.3.